The number of alkyl halides is 3. The summed E-state index contributed by atoms with van der Waals surface area (Å²) >= 11 is 5.91. The van der Waals surface area contributed by atoms with Gasteiger partial charge in [0.05, 0.1) is 24.4 Å². The van der Waals surface area contributed by atoms with E-state index in [1.54, 1.807) is 12.1 Å². The Hall–Kier alpha value is -3.41. The molecule has 2 bridgehead atoms. The number of aromatic nitrogens is 2. The van der Waals surface area contributed by atoms with Crippen LogP contribution in [0.15, 0.2) is 30.6 Å². The summed E-state index contributed by atoms with van der Waals surface area (Å²) < 4.78 is 48.3. The van der Waals surface area contributed by atoms with Crippen molar-refractivity contribution in [2.45, 2.75) is 49.0 Å². The molecule has 13 heteroatoms. The molecule has 0 unspecified atom stereocenters. The van der Waals surface area contributed by atoms with Gasteiger partial charge in [-0.3, -0.25) is 14.4 Å². The van der Waals surface area contributed by atoms with Gasteiger partial charge in [-0.1, -0.05) is 11.6 Å². The number of amides is 2. The van der Waals surface area contributed by atoms with Crippen molar-refractivity contribution < 1.29 is 37.0 Å². The fourth-order valence-corrected chi connectivity index (χ4v) is 5.03. The average Bonchev–Trinajstić information content (AvgIpc) is 2.75. The maximum atomic E-state index is 12.7. The lowest BCUT2D eigenvalue weighted by atomic mass is 9.44. The first kappa shape index (κ1) is 23.3. The lowest BCUT2D eigenvalue weighted by molar-refractivity contribution is -0.154. The van der Waals surface area contributed by atoms with E-state index in [0.29, 0.717) is 35.6 Å². The molecule has 4 aliphatic rings. The van der Waals surface area contributed by atoms with Crippen LogP contribution in [-0.4, -0.2) is 51.4 Å². The minimum absolute atomic E-state index is 0.0691. The van der Waals surface area contributed by atoms with Gasteiger partial charge in [0.1, 0.15) is 5.75 Å². The predicted molar refractivity (Wildman–Crippen MR) is 113 cm³/mol. The summed E-state index contributed by atoms with van der Waals surface area (Å²) in [6.45, 7) is -0.419. The van der Waals surface area contributed by atoms with E-state index in [9.17, 15) is 27.6 Å². The quantitative estimate of drug-likeness (QED) is 0.612. The Balaban J connectivity index is 1.08. The van der Waals surface area contributed by atoms with E-state index in [1.807, 2.05) is 0 Å². The minimum Gasteiger partial charge on any atom is -0.481 e. The van der Waals surface area contributed by atoms with Crippen molar-refractivity contribution in [3.8, 4) is 11.5 Å². The molecular formula is C22H18ClF3N4O5. The summed E-state index contributed by atoms with van der Waals surface area (Å²) in [5.74, 6) is -2.14. The lowest BCUT2D eigenvalue weighted by Crippen LogP contribution is -2.84. The van der Waals surface area contributed by atoms with Gasteiger partial charge < -0.3 is 20.1 Å². The zero-order chi connectivity index (χ0) is 25.0. The first-order valence-electron chi connectivity index (χ1n) is 10.6. The van der Waals surface area contributed by atoms with Gasteiger partial charge in [-0.25, -0.2) is 9.97 Å². The van der Waals surface area contributed by atoms with Crippen molar-refractivity contribution in [2.24, 2.45) is 0 Å². The molecule has 9 nitrogen and oxygen atoms in total. The van der Waals surface area contributed by atoms with Crippen LogP contribution < -0.4 is 20.1 Å². The number of nitrogens with zero attached hydrogens (tertiary/aromatic N) is 2. The molecule has 1 atom stereocenters. The van der Waals surface area contributed by atoms with Gasteiger partial charge in [-0.2, -0.15) is 13.2 Å². The van der Waals surface area contributed by atoms with Crippen molar-refractivity contribution in [1.29, 1.82) is 0 Å². The molecule has 2 aromatic rings. The largest absolute Gasteiger partial charge is 0.481 e. The van der Waals surface area contributed by atoms with Crippen LogP contribution in [-0.2, 0) is 15.8 Å². The van der Waals surface area contributed by atoms with Gasteiger partial charge in [-0.05, 0) is 37.5 Å². The zero-order valence-corrected chi connectivity index (χ0v) is 18.7. The molecule has 35 heavy (non-hydrogen) atoms. The number of benzene rings is 1. The van der Waals surface area contributed by atoms with E-state index >= 15 is 0 Å². The Kier molecular flexibility index (Phi) is 5.38. The molecule has 0 saturated heterocycles. The number of hydrogen-bond acceptors (Lipinski definition) is 7. The first-order valence-corrected chi connectivity index (χ1v) is 11.0. The van der Waals surface area contributed by atoms with Crippen LogP contribution in [0.4, 0.5) is 13.2 Å². The van der Waals surface area contributed by atoms with E-state index in [1.165, 1.54) is 6.07 Å². The third-order valence-electron chi connectivity index (χ3n) is 6.25. The van der Waals surface area contributed by atoms with Gasteiger partial charge >= 0.3 is 6.18 Å². The maximum absolute atomic E-state index is 12.7. The van der Waals surface area contributed by atoms with Gasteiger partial charge in [-0.15, -0.1) is 0 Å². The standard InChI is InChI=1S/C22H18ClF3N4O5/c23-11-1-2-15-13(3-11)14(31)4-16(35-15)18(33)30-21-8-20(9-21,10-21)29-17(32)7-34-12-5-27-19(28-6-12)22(24,25)26/h1-3,5-6,16H,4,7-10H2,(H,29,32)(H,30,33)/t16-,20?,21?/m1/s1. The summed E-state index contributed by atoms with van der Waals surface area (Å²) in [7, 11) is 0. The molecule has 3 saturated carbocycles. The lowest BCUT2D eigenvalue weighted by Gasteiger charge is -2.70. The summed E-state index contributed by atoms with van der Waals surface area (Å²) in [4.78, 5) is 43.6. The molecule has 1 aromatic heterocycles. The second-order valence-electron chi connectivity index (χ2n) is 9.03. The van der Waals surface area contributed by atoms with Crippen LogP contribution in [0, 0.1) is 0 Å². The Bertz CT molecular complexity index is 1200. The van der Waals surface area contributed by atoms with Crippen molar-refractivity contribution in [1.82, 2.24) is 20.6 Å². The number of rotatable bonds is 6. The molecule has 3 fully saturated rings. The molecule has 2 heterocycles. The van der Waals surface area contributed by atoms with Crippen molar-refractivity contribution >= 4 is 29.2 Å². The number of halogens is 4. The third kappa shape index (κ3) is 4.49. The number of fused-ring (bicyclic) bond motifs is 1. The fraction of sp³-hybridized carbons (Fsp3) is 0.409. The number of carbonyl (C=O) groups excluding carboxylic acids is 3. The molecule has 0 spiro atoms. The summed E-state index contributed by atoms with van der Waals surface area (Å²) in [6.07, 6.45) is -2.49. The van der Waals surface area contributed by atoms with Gasteiger partial charge in [0, 0.05) is 16.1 Å². The molecular weight excluding hydrogens is 493 g/mol. The van der Waals surface area contributed by atoms with E-state index in [4.69, 9.17) is 21.1 Å². The number of nitrogens with one attached hydrogen (secondary N) is 2. The number of carbonyl (C=O) groups is 3. The summed E-state index contributed by atoms with van der Waals surface area (Å²) in [6, 6.07) is 4.64. The van der Waals surface area contributed by atoms with Crippen LogP contribution in [0.5, 0.6) is 11.5 Å². The average molecular weight is 511 g/mol. The predicted octanol–water partition coefficient (Wildman–Crippen LogP) is 2.47. The Morgan fingerprint density at radius 3 is 2.46 bits per heavy atom. The van der Waals surface area contributed by atoms with Crippen LogP contribution in [0.2, 0.25) is 5.02 Å². The van der Waals surface area contributed by atoms with Crippen molar-refractivity contribution in [3.05, 3.63) is 47.0 Å². The fourth-order valence-electron chi connectivity index (χ4n) is 4.86. The SMILES string of the molecule is O=C(COc1cnc(C(F)(F)F)nc1)NC12CC(NC(=O)[C@H]3CC(=O)c4cc(Cl)ccc4O3)(C1)C2. The zero-order valence-electron chi connectivity index (χ0n) is 17.9. The van der Waals surface area contributed by atoms with E-state index < -0.39 is 47.6 Å². The molecule has 6 rings (SSSR count). The summed E-state index contributed by atoms with van der Waals surface area (Å²) in [5.41, 5.74) is -0.602. The topological polar surface area (TPSA) is 120 Å². The van der Waals surface area contributed by atoms with Crippen LogP contribution >= 0.6 is 11.6 Å². The molecule has 0 radical (unpaired) electrons. The van der Waals surface area contributed by atoms with Gasteiger partial charge in [0.15, 0.2) is 24.2 Å². The Labute approximate surface area is 201 Å². The molecule has 2 N–H and O–H groups in total. The van der Waals surface area contributed by atoms with E-state index in [0.717, 1.165) is 12.4 Å². The highest BCUT2D eigenvalue weighted by molar-refractivity contribution is 6.31. The molecule has 184 valence electrons. The van der Waals surface area contributed by atoms with Crippen molar-refractivity contribution in [2.75, 3.05) is 6.61 Å². The highest BCUT2D eigenvalue weighted by atomic mass is 35.5. The highest BCUT2D eigenvalue weighted by Gasteiger charge is 2.69. The maximum Gasteiger partial charge on any atom is 0.451 e. The van der Waals surface area contributed by atoms with Crippen LogP contribution in [0.1, 0.15) is 41.9 Å². The molecule has 1 aromatic carbocycles. The molecule has 2 amide bonds. The van der Waals surface area contributed by atoms with E-state index in [-0.39, 0.29) is 18.0 Å². The highest BCUT2D eigenvalue weighted by Crippen LogP contribution is 2.60. The number of Topliss-reactive ketones (excluding diaryl/α,β-unsaturated/α-hetero) is 1. The van der Waals surface area contributed by atoms with Crippen LogP contribution in [0.3, 0.4) is 0 Å². The third-order valence-corrected chi connectivity index (χ3v) is 6.48. The minimum atomic E-state index is -4.66. The number of hydrogen-bond donors (Lipinski definition) is 2. The van der Waals surface area contributed by atoms with Crippen LogP contribution in [0.25, 0.3) is 0 Å². The van der Waals surface area contributed by atoms with Crippen molar-refractivity contribution in [3.63, 3.8) is 0 Å². The summed E-state index contributed by atoms with van der Waals surface area (Å²) in [5, 5.41) is 6.17. The second kappa shape index (κ2) is 8.08. The van der Waals surface area contributed by atoms with E-state index in [2.05, 4.69) is 20.6 Å². The molecule has 3 aliphatic carbocycles. The Morgan fingerprint density at radius 1 is 1.14 bits per heavy atom. The number of ether oxygens (including phenoxy) is 2. The Morgan fingerprint density at radius 2 is 1.80 bits per heavy atom. The van der Waals surface area contributed by atoms with Gasteiger partial charge in [0.25, 0.3) is 11.8 Å². The second-order valence-corrected chi connectivity index (χ2v) is 9.47. The molecule has 1 aliphatic heterocycles. The number of ketones is 1. The smallest absolute Gasteiger partial charge is 0.451 e. The normalized spacial score (nSPS) is 26.4. The van der Waals surface area contributed by atoms with Gasteiger partial charge in [0.2, 0.25) is 5.82 Å². The first-order chi connectivity index (χ1) is 16.5. The monoisotopic (exact) mass is 510 g/mol.